The van der Waals surface area contributed by atoms with Crippen molar-refractivity contribution < 1.29 is 18.0 Å². The molecule has 10 heteroatoms. The largest absolute Gasteiger partial charge is 0.416 e. The zero-order chi connectivity index (χ0) is 29.6. The van der Waals surface area contributed by atoms with Crippen LogP contribution in [-0.4, -0.2) is 34.9 Å². The molecule has 0 spiro atoms. The van der Waals surface area contributed by atoms with Crippen LogP contribution in [0, 0.1) is 0 Å². The van der Waals surface area contributed by atoms with Gasteiger partial charge in [-0.25, -0.2) is 4.98 Å². The SMILES string of the molecule is NC1CCN(Cc2c(-c3cccc(C(F)(F)F)c3)nc3c(Br)cc(Cl)cc3c2C(=O)NC2(c3ccccc3)CC2)CC1. The number of rotatable bonds is 6. The van der Waals surface area contributed by atoms with E-state index in [0.29, 0.717) is 56.9 Å². The van der Waals surface area contributed by atoms with E-state index in [9.17, 15) is 18.0 Å². The molecule has 1 saturated carbocycles. The molecule has 0 atom stereocenters. The van der Waals surface area contributed by atoms with E-state index in [1.54, 1.807) is 18.2 Å². The van der Waals surface area contributed by atoms with E-state index in [4.69, 9.17) is 22.3 Å². The van der Waals surface area contributed by atoms with E-state index in [2.05, 4.69) is 26.1 Å². The highest BCUT2D eigenvalue weighted by molar-refractivity contribution is 9.10. The lowest BCUT2D eigenvalue weighted by atomic mass is 9.93. The molecule has 6 rings (SSSR count). The number of nitrogens with two attached hydrogens (primary N) is 1. The Hall–Kier alpha value is -2.98. The van der Waals surface area contributed by atoms with Crippen LogP contribution in [0.3, 0.4) is 0 Å². The summed E-state index contributed by atoms with van der Waals surface area (Å²) in [5.41, 5.74) is 7.89. The number of carbonyl (C=O) groups is 1. The number of pyridine rings is 1. The van der Waals surface area contributed by atoms with Gasteiger partial charge in [0, 0.05) is 38.6 Å². The van der Waals surface area contributed by atoms with E-state index >= 15 is 0 Å². The number of alkyl halides is 3. The van der Waals surface area contributed by atoms with Gasteiger partial charge in [0.15, 0.2) is 0 Å². The van der Waals surface area contributed by atoms with Gasteiger partial charge in [-0.05, 0) is 84.5 Å². The Labute approximate surface area is 255 Å². The Morgan fingerprint density at radius 3 is 2.45 bits per heavy atom. The predicted octanol–water partition coefficient (Wildman–Crippen LogP) is 7.68. The first-order valence-electron chi connectivity index (χ1n) is 13.9. The molecule has 218 valence electrons. The molecule has 42 heavy (non-hydrogen) atoms. The van der Waals surface area contributed by atoms with Crippen molar-refractivity contribution in [2.75, 3.05) is 13.1 Å². The summed E-state index contributed by atoms with van der Waals surface area (Å²) in [6.07, 6.45) is -1.38. The molecule has 0 unspecified atom stereocenters. The molecule has 0 radical (unpaired) electrons. The number of aromatic nitrogens is 1. The third kappa shape index (κ3) is 5.80. The van der Waals surface area contributed by atoms with Gasteiger partial charge in [-0.3, -0.25) is 9.69 Å². The van der Waals surface area contributed by atoms with E-state index in [1.807, 2.05) is 30.3 Å². The summed E-state index contributed by atoms with van der Waals surface area (Å²) >= 11 is 10.0. The Balaban J connectivity index is 1.56. The smallest absolute Gasteiger partial charge is 0.342 e. The molecule has 2 fully saturated rings. The van der Waals surface area contributed by atoms with Gasteiger partial charge >= 0.3 is 6.18 Å². The quantitative estimate of drug-likeness (QED) is 0.223. The third-order valence-electron chi connectivity index (χ3n) is 8.24. The number of nitrogens with zero attached hydrogens (tertiary/aromatic N) is 2. The highest BCUT2D eigenvalue weighted by Crippen LogP contribution is 2.46. The van der Waals surface area contributed by atoms with Crippen LogP contribution in [0.25, 0.3) is 22.2 Å². The molecule has 1 saturated heterocycles. The number of fused-ring (bicyclic) bond motifs is 1. The fraction of sp³-hybridized carbons (Fsp3) is 0.312. The lowest BCUT2D eigenvalue weighted by molar-refractivity contribution is -0.137. The third-order valence-corrected chi connectivity index (χ3v) is 9.06. The molecule has 2 heterocycles. The van der Waals surface area contributed by atoms with Crippen LogP contribution in [0.5, 0.6) is 0 Å². The summed E-state index contributed by atoms with van der Waals surface area (Å²) in [5.74, 6) is -0.310. The minimum atomic E-state index is -4.53. The summed E-state index contributed by atoms with van der Waals surface area (Å²) in [7, 11) is 0. The number of halogens is 5. The minimum absolute atomic E-state index is 0.0945. The van der Waals surface area contributed by atoms with Gasteiger partial charge in [0.2, 0.25) is 0 Å². The number of nitrogens with one attached hydrogen (secondary N) is 1. The van der Waals surface area contributed by atoms with Gasteiger partial charge in [0.1, 0.15) is 0 Å². The molecule has 1 aromatic heterocycles. The van der Waals surface area contributed by atoms with Crippen molar-refractivity contribution in [2.45, 2.75) is 50.0 Å². The first-order valence-corrected chi connectivity index (χ1v) is 15.1. The van der Waals surface area contributed by atoms with Gasteiger partial charge in [-0.1, -0.05) is 54.1 Å². The van der Waals surface area contributed by atoms with Crippen molar-refractivity contribution in [3.8, 4) is 11.3 Å². The summed E-state index contributed by atoms with van der Waals surface area (Å²) in [6, 6.07) is 18.4. The highest BCUT2D eigenvalue weighted by atomic mass is 79.9. The molecule has 5 nitrogen and oxygen atoms in total. The van der Waals surface area contributed by atoms with Gasteiger partial charge in [0.25, 0.3) is 5.91 Å². The van der Waals surface area contributed by atoms with Crippen LogP contribution in [0.15, 0.2) is 71.2 Å². The zero-order valence-electron chi connectivity index (χ0n) is 22.6. The standard InChI is InChI=1S/C32H29BrClF3N4O/c33-26-17-22(34)16-24-27(30(42)40-31(11-12-31)20-6-2-1-3-7-20)25(18-41-13-9-23(38)10-14-41)28(39-29(24)26)19-5-4-8-21(15-19)32(35,36)37/h1-8,15-17,23H,9-14,18,38H2,(H,40,42). The lowest BCUT2D eigenvalue weighted by Crippen LogP contribution is -2.40. The summed E-state index contributed by atoms with van der Waals surface area (Å²) in [6.45, 7) is 1.73. The molecule has 3 N–H and O–H groups in total. The number of carbonyl (C=O) groups excluding carboxylic acids is 1. The number of hydrogen-bond donors (Lipinski definition) is 2. The van der Waals surface area contributed by atoms with Gasteiger partial charge in [-0.15, -0.1) is 0 Å². The normalized spacial score (nSPS) is 17.4. The number of hydrogen-bond acceptors (Lipinski definition) is 4. The van der Waals surface area contributed by atoms with E-state index < -0.39 is 17.3 Å². The number of likely N-dealkylation sites (tertiary alicyclic amines) is 1. The fourth-order valence-corrected chi connectivity index (χ4v) is 6.71. The Morgan fingerprint density at radius 1 is 1.07 bits per heavy atom. The molecule has 3 aromatic carbocycles. The second kappa shape index (κ2) is 11.3. The topological polar surface area (TPSA) is 71.2 Å². The van der Waals surface area contributed by atoms with Gasteiger partial charge < -0.3 is 11.1 Å². The van der Waals surface area contributed by atoms with Crippen molar-refractivity contribution >= 4 is 44.3 Å². The van der Waals surface area contributed by atoms with E-state index in [-0.39, 0.29) is 17.5 Å². The first-order chi connectivity index (χ1) is 20.0. The number of benzene rings is 3. The maximum atomic E-state index is 14.4. The molecule has 1 aliphatic carbocycles. The number of piperidine rings is 1. The molecule has 1 aliphatic heterocycles. The Kier molecular flexibility index (Phi) is 7.81. The summed E-state index contributed by atoms with van der Waals surface area (Å²) in [5, 5.41) is 4.24. The maximum Gasteiger partial charge on any atom is 0.416 e. The average molecular weight is 658 g/mol. The van der Waals surface area contributed by atoms with Crippen LogP contribution in [-0.2, 0) is 18.3 Å². The molecule has 2 aliphatic rings. The second-order valence-corrected chi connectivity index (χ2v) is 12.5. The van der Waals surface area contributed by atoms with Crippen molar-refractivity contribution in [3.63, 3.8) is 0 Å². The highest BCUT2D eigenvalue weighted by Gasteiger charge is 2.46. The monoisotopic (exact) mass is 656 g/mol. The van der Waals surface area contributed by atoms with E-state index in [0.717, 1.165) is 43.4 Å². The minimum Gasteiger partial charge on any atom is -0.342 e. The second-order valence-electron chi connectivity index (χ2n) is 11.2. The summed E-state index contributed by atoms with van der Waals surface area (Å²) < 4.78 is 41.9. The van der Waals surface area contributed by atoms with Gasteiger partial charge in [0.05, 0.1) is 27.9 Å². The van der Waals surface area contributed by atoms with Crippen LogP contribution in [0.1, 0.15) is 52.7 Å². The van der Waals surface area contributed by atoms with Crippen LogP contribution in [0.4, 0.5) is 13.2 Å². The van der Waals surface area contributed by atoms with Crippen LogP contribution >= 0.6 is 27.5 Å². The number of amides is 1. The van der Waals surface area contributed by atoms with Crippen LogP contribution in [0.2, 0.25) is 5.02 Å². The summed E-state index contributed by atoms with van der Waals surface area (Å²) in [4.78, 5) is 21.5. The molecular formula is C32H29BrClF3N4O. The Bertz CT molecular complexity index is 1650. The van der Waals surface area contributed by atoms with Crippen LogP contribution < -0.4 is 11.1 Å². The zero-order valence-corrected chi connectivity index (χ0v) is 25.0. The molecule has 4 aromatic rings. The van der Waals surface area contributed by atoms with Crippen molar-refractivity contribution in [2.24, 2.45) is 5.73 Å². The predicted molar refractivity (Wildman–Crippen MR) is 162 cm³/mol. The average Bonchev–Trinajstić information content (AvgIpc) is 3.74. The lowest BCUT2D eigenvalue weighted by Gasteiger charge is -2.31. The van der Waals surface area contributed by atoms with Crippen molar-refractivity contribution in [1.82, 2.24) is 15.2 Å². The van der Waals surface area contributed by atoms with E-state index in [1.165, 1.54) is 6.07 Å². The molecule has 1 amide bonds. The Morgan fingerprint density at radius 2 is 1.79 bits per heavy atom. The van der Waals surface area contributed by atoms with Gasteiger partial charge in [-0.2, -0.15) is 13.2 Å². The maximum absolute atomic E-state index is 14.4. The molecular weight excluding hydrogens is 629 g/mol. The fourth-order valence-electron chi connectivity index (χ4n) is 5.81. The van der Waals surface area contributed by atoms with Crippen molar-refractivity contribution in [3.05, 3.63) is 98.5 Å². The first kappa shape index (κ1) is 29.1. The molecule has 0 bridgehead atoms. The van der Waals surface area contributed by atoms with Crippen molar-refractivity contribution in [1.29, 1.82) is 0 Å².